The Bertz CT molecular complexity index is 922. The quantitative estimate of drug-likeness (QED) is 0.702. The molecule has 0 radical (unpaired) electrons. The van der Waals surface area contributed by atoms with Gasteiger partial charge in [0.2, 0.25) is 5.91 Å². The van der Waals surface area contributed by atoms with Gasteiger partial charge in [-0.2, -0.15) is 5.10 Å². The van der Waals surface area contributed by atoms with E-state index in [1.807, 2.05) is 62.0 Å². The Labute approximate surface area is 159 Å². The minimum absolute atomic E-state index is 0.129. The highest BCUT2D eigenvalue weighted by Gasteiger charge is 2.13. The van der Waals surface area contributed by atoms with Crippen LogP contribution >= 0.6 is 0 Å². The van der Waals surface area contributed by atoms with E-state index in [1.165, 1.54) is 5.56 Å². The highest BCUT2D eigenvalue weighted by atomic mass is 16.1. The molecule has 138 valence electrons. The van der Waals surface area contributed by atoms with Crippen LogP contribution in [0.4, 0.5) is 0 Å². The van der Waals surface area contributed by atoms with Gasteiger partial charge < -0.3 is 5.32 Å². The second-order valence-corrected chi connectivity index (χ2v) is 7.43. The monoisotopic (exact) mass is 360 g/mol. The molecular weight excluding hydrogens is 336 g/mol. The second kappa shape index (κ2) is 7.99. The third kappa shape index (κ3) is 5.38. The Morgan fingerprint density at radius 3 is 2.59 bits per heavy atom. The van der Waals surface area contributed by atoms with Crippen molar-refractivity contribution < 1.29 is 4.79 Å². The van der Waals surface area contributed by atoms with Crippen molar-refractivity contribution in [1.29, 1.82) is 0 Å². The molecule has 0 spiro atoms. The van der Waals surface area contributed by atoms with E-state index >= 15 is 0 Å². The van der Waals surface area contributed by atoms with Gasteiger partial charge in [0.25, 0.3) is 0 Å². The van der Waals surface area contributed by atoms with Crippen LogP contribution in [-0.2, 0) is 11.3 Å². The molecular formula is C22H24N4O. The highest BCUT2D eigenvalue weighted by Crippen LogP contribution is 2.23. The second-order valence-electron chi connectivity index (χ2n) is 7.43. The summed E-state index contributed by atoms with van der Waals surface area (Å²) in [5.41, 5.74) is 3.49. The van der Waals surface area contributed by atoms with E-state index in [0.717, 1.165) is 16.8 Å². The van der Waals surface area contributed by atoms with Crippen LogP contribution in [0.25, 0.3) is 17.3 Å². The normalized spacial score (nSPS) is 11.7. The molecule has 5 nitrogen and oxygen atoms in total. The van der Waals surface area contributed by atoms with Gasteiger partial charge in [-0.25, -0.2) is 0 Å². The smallest absolute Gasteiger partial charge is 0.244 e. The molecule has 0 bridgehead atoms. The molecule has 0 aliphatic heterocycles. The molecule has 0 saturated carbocycles. The molecule has 27 heavy (non-hydrogen) atoms. The van der Waals surface area contributed by atoms with Crippen LogP contribution in [0.15, 0.2) is 67.1 Å². The van der Waals surface area contributed by atoms with Gasteiger partial charge in [-0.15, -0.1) is 0 Å². The molecule has 1 amide bonds. The van der Waals surface area contributed by atoms with Crippen LogP contribution in [-0.4, -0.2) is 26.2 Å². The van der Waals surface area contributed by atoms with Crippen LogP contribution in [0.3, 0.4) is 0 Å². The largest absolute Gasteiger partial charge is 0.348 e. The Balaban J connectivity index is 1.90. The fraction of sp³-hybridized carbons (Fsp3) is 0.227. The number of carbonyl (C=O) groups excluding carboxylic acids is 1. The Morgan fingerprint density at radius 2 is 1.93 bits per heavy atom. The number of nitrogens with zero attached hydrogens (tertiary/aromatic N) is 3. The van der Waals surface area contributed by atoms with Crippen molar-refractivity contribution in [3.8, 4) is 11.3 Å². The van der Waals surface area contributed by atoms with Crippen LogP contribution < -0.4 is 5.32 Å². The van der Waals surface area contributed by atoms with Crippen molar-refractivity contribution in [1.82, 2.24) is 20.1 Å². The zero-order valence-electron chi connectivity index (χ0n) is 15.9. The SMILES string of the molecule is CC(C)(C)NC(=O)/C=C/c1cn(Cc2ccccc2)nc1-c1cccnc1. The molecule has 3 rings (SSSR count). The maximum atomic E-state index is 12.1. The molecule has 5 heteroatoms. The summed E-state index contributed by atoms with van der Waals surface area (Å²) in [5.74, 6) is -0.129. The molecule has 0 fully saturated rings. The summed E-state index contributed by atoms with van der Waals surface area (Å²) in [5, 5.41) is 7.65. The lowest BCUT2D eigenvalue weighted by Gasteiger charge is -2.18. The molecule has 3 aromatic rings. The predicted molar refractivity (Wildman–Crippen MR) is 108 cm³/mol. The molecule has 2 aromatic heterocycles. The lowest BCUT2D eigenvalue weighted by Crippen LogP contribution is -2.39. The van der Waals surface area contributed by atoms with Crippen molar-refractivity contribution in [2.24, 2.45) is 0 Å². The van der Waals surface area contributed by atoms with Gasteiger partial charge in [0.1, 0.15) is 5.69 Å². The van der Waals surface area contributed by atoms with E-state index in [0.29, 0.717) is 6.54 Å². The van der Waals surface area contributed by atoms with Crippen LogP contribution in [0.5, 0.6) is 0 Å². The van der Waals surface area contributed by atoms with E-state index in [9.17, 15) is 4.79 Å². The fourth-order valence-corrected chi connectivity index (χ4v) is 2.71. The number of hydrogen-bond acceptors (Lipinski definition) is 3. The van der Waals surface area contributed by atoms with E-state index in [-0.39, 0.29) is 11.4 Å². The standard InChI is InChI=1S/C22H24N4O/c1-22(2,3)24-20(27)12-11-19-16-26(15-17-8-5-4-6-9-17)25-21(19)18-10-7-13-23-14-18/h4-14,16H,15H2,1-3H3,(H,24,27)/b12-11+. The first kappa shape index (κ1) is 18.6. The van der Waals surface area contributed by atoms with Gasteiger partial charge >= 0.3 is 0 Å². The van der Waals surface area contributed by atoms with E-state index in [4.69, 9.17) is 5.10 Å². The third-order valence-electron chi connectivity index (χ3n) is 3.82. The number of pyridine rings is 1. The Kier molecular flexibility index (Phi) is 5.50. The number of amides is 1. The number of carbonyl (C=O) groups is 1. The maximum Gasteiger partial charge on any atom is 0.244 e. The minimum atomic E-state index is -0.273. The lowest BCUT2D eigenvalue weighted by molar-refractivity contribution is -0.117. The molecule has 0 unspecified atom stereocenters. The van der Waals surface area contributed by atoms with E-state index in [1.54, 1.807) is 24.5 Å². The van der Waals surface area contributed by atoms with E-state index in [2.05, 4.69) is 22.4 Å². The topological polar surface area (TPSA) is 59.8 Å². The fourth-order valence-electron chi connectivity index (χ4n) is 2.71. The average Bonchev–Trinajstić information content (AvgIpc) is 3.03. The number of rotatable bonds is 5. The average molecular weight is 360 g/mol. The summed E-state index contributed by atoms with van der Waals surface area (Å²) in [6.45, 7) is 6.53. The molecule has 0 aliphatic carbocycles. The summed E-state index contributed by atoms with van der Waals surface area (Å²) in [4.78, 5) is 16.3. The first-order valence-electron chi connectivity index (χ1n) is 8.93. The molecule has 0 saturated heterocycles. The molecule has 1 aromatic carbocycles. The number of nitrogens with one attached hydrogen (secondary N) is 1. The molecule has 1 N–H and O–H groups in total. The Morgan fingerprint density at radius 1 is 1.15 bits per heavy atom. The predicted octanol–water partition coefficient (Wildman–Crippen LogP) is 3.92. The van der Waals surface area contributed by atoms with Gasteiger partial charge in [0, 0.05) is 41.3 Å². The number of aromatic nitrogens is 3. The van der Waals surface area contributed by atoms with Gasteiger partial charge in [-0.3, -0.25) is 14.5 Å². The summed E-state index contributed by atoms with van der Waals surface area (Å²) >= 11 is 0. The summed E-state index contributed by atoms with van der Waals surface area (Å²) in [6.07, 6.45) is 8.82. The first-order valence-corrected chi connectivity index (χ1v) is 8.93. The number of hydrogen-bond donors (Lipinski definition) is 1. The first-order chi connectivity index (χ1) is 12.9. The van der Waals surface area contributed by atoms with Crippen molar-refractivity contribution in [2.75, 3.05) is 0 Å². The van der Waals surface area contributed by atoms with Crippen molar-refractivity contribution in [2.45, 2.75) is 32.9 Å². The van der Waals surface area contributed by atoms with Crippen LogP contribution in [0.2, 0.25) is 0 Å². The summed E-state index contributed by atoms with van der Waals surface area (Å²) < 4.78 is 1.89. The number of benzene rings is 1. The minimum Gasteiger partial charge on any atom is -0.348 e. The third-order valence-corrected chi connectivity index (χ3v) is 3.82. The summed E-state index contributed by atoms with van der Waals surface area (Å²) in [6, 6.07) is 14.0. The van der Waals surface area contributed by atoms with Gasteiger partial charge in [-0.05, 0) is 44.5 Å². The summed E-state index contributed by atoms with van der Waals surface area (Å²) in [7, 11) is 0. The van der Waals surface area contributed by atoms with Gasteiger partial charge in [0.15, 0.2) is 0 Å². The molecule has 2 heterocycles. The zero-order chi connectivity index (χ0) is 19.3. The highest BCUT2D eigenvalue weighted by molar-refractivity contribution is 5.93. The molecule has 0 aliphatic rings. The molecule has 0 atom stereocenters. The van der Waals surface area contributed by atoms with Crippen molar-refractivity contribution in [3.63, 3.8) is 0 Å². The van der Waals surface area contributed by atoms with Gasteiger partial charge in [-0.1, -0.05) is 30.3 Å². The van der Waals surface area contributed by atoms with E-state index < -0.39 is 0 Å². The lowest BCUT2D eigenvalue weighted by atomic mass is 10.1. The van der Waals surface area contributed by atoms with Crippen molar-refractivity contribution >= 4 is 12.0 Å². The van der Waals surface area contributed by atoms with Crippen LogP contribution in [0.1, 0.15) is 31.9 Å². The maximum absolute atomic E-state index is 12.1. The zero-order valence-corrected chi connectivity index (χ0v) is 15.9. The van der Waals surface area contributed by atoms with Crippen molar-refractivity contribution in [3.05, 3.63) is 78.3 Å². The Hall–Kier alpha value is -3.21. The van der Waals surface area contributed by atoms with Gasteiger partial charge in [0.05, 0.1) is 6.54 Å². The van der Waals surface area contributed by atoms with Crippen LogP contribution in [0, 0.1) is 0 Å².